The van der Waals surface area contributed by atoms with Crippen LogP contribution >= 0.6 is 0 Å². The number of piperidine rings is 1. The average Bonchev–Trinajstić information content (AvgIpc) is 2.38. The molecule has 0 unspecified atom stereocenters. The van der Waals surface area contributed by atoms with Gasteiger partial charge in [0.05, 0.1) is 6.61 Å². The van der Waals surface area contributed by atoms with Crippen molar-refractivity contribution < 1.29 is 9.13 Å². The van der Waals surface area contributed by atoms with Crippen LogP contribution in [0.3, 0.4) is 0 Å². The van der Waals surface area contributed by atoms with Gasteiger partial charge in [0.25, 0.3) is 0 Å². The standard InChI is InChI=1S/C15H23FN2O/c1-15(17)7-10-18(11-8-15)9-2-12-19-14-5-3-13(16)4-6-14/h3-6H,2,7-12,17H2,1H3. The Hall–Kier alpha value is -1.13. The van der Waals surface area contributed by atoms with E-state index in [1.807, 2.05) is 0 Å². The van der Waals surface area contributed by atoms with Crippen LogP contribution in [0.25, 0.3) is 0 Å². The Bertz CT molecular complexity index is 382. The molecule has 1 heterocycles. The van der Waals surface area contributed by atoms with Crippen LogP contribution in [0, 0.1) is 5.82 Å². The van der Waals surface area contributed by atoms with Crippen molar-refractivity contribution in [1.82, 2.24) is 4.90 Å². The molecule has 1 aliphatic heterocycles. The SMILES string of the molecule is CC1(N)CCN(CCCOc2ccc(F)cc2)CC1. The van der Waals surface area contributed by atoms with E-state index in [1.165, 1.54) is 12.1 Å². The molecule has 1 aromatic carbocycles. The summed E-state index contributed by atoms with van der Waals surface area (Å²) in [5.74, 6) is 0.500. The van der Waals surface area contributed by atoms with Crippen molar-refractivity contribution >= 4 is 0 Å². The maximum absolute atomic E-state index is 12.7. The summed E-state index contributed by atoms with van der Waals surface area (Å²) in [4.78, 5) is 2.43. The zero-order chi connectivity index (χ0) is 13.7. The summed E-state index contributed by atoms with van der Waals surface area (Å²) in [5.41, 5.74) is 6.12. The van der Waals surface area contributed by atoms with Gasteiger partial charge in [0, 0.05) is 12.1 Å². The van der Waals surface area contributed by atoms with Crippen LogP contribution in [0.2, 0.25) is 0 Å². The molecule has 19 heavy (non-hydrogen) atoms. The first kappa shape index (κ1) is 14.3. The average molecular weight is 266 g/mol. The molecule has 1 aromatic rings. The van der Waals surface area contributed by atoms with E-state index >= 15 is 0 Å². The van der Waals surface area contributed by atoms with Gasteiger partial charge in [0.2, 0.25) is 0 Å². The summed E-state index contributed by atoms with van der Waals surface area (Å²) in [5, 5.41) is 0. The summed E-state index contributed by atoms with van der Waals surface area (Å²) < 4.78 is 18.3. The molecule has 2 rings (SSSR count). The van der Waals surface area contributed by atoms with E-state index in [9.17, 15) is 4.39 Å². The normalized spacial score (nSPS) is 19.3. The number of halogens is 1. The number of benzene rings is 1. The Morgan fingerprint density at radius 2 is 1.89 bits per heavy atom. The molecule has 0 amide bonds. The number of hydrogen-bond donors (Lipinski definition) is 1. The molecule has 1 aliphatic rings. The molecule has 0 saturated carbocycles. The van der Waals surface area contributed by atoms with E-state index in [-0.39, 0.29) is 11.4 Å². The predicted molar refractivity (Wildman–Crippen MR) is 74.8 cm³/mol. The lowest BCUT2D eigenvalue weighted by atomic mass is 9.91. The second kappa shape index (κ2) is 6.35. The fourth-order valence-electron chi connectivity index (χ4n) is 2.30. The smallest absolute Gasteiger partial charge is 0.123 e. The summed E-state index contributed by atoms with van der Waals surface area (Å²) in [7, 11) is 0. The van der Waals surface area contributed by atoms with Gasteiger partial charge in [0.1, 0.15) is 11.6 Å². The molecule has 4 heteroatoms. The molecule has 0 aliphatic carbocycles. The highest BCUT2D eigenvalue weighted by Gasteiger charge is 2.25. The lowest BCUT2D eigenvalue weighted by molar-refractivity contribution is 0.160. The molecule has 3 nitrogen and oxygen atoms in total. The van der Waals surface area contributed by atoms with Crippen LogP contribution < -0.4 is 10.5 Å². The number of nitrogens with two attached hydrogens (primary N) is 1. The van der Waals surface area contributed by atoms with Crippen LogP contribution in [-0.2, 0) is 0 Å². The highest BCUT2D eigenvalue weighted by atomic mass is 19.1. The van der Waals surface area contributed by atoms with Gasteiger partial charge in [-0.15, -0.1) is 0 Å². The Morgan fingerprint density at radius 3 is 2.53 bits per heavy atom. The summed E-state index contributed by atoms with van der Waals surface area (Å²) in [6, 6.07) is 6.16. The third-order valence-corrected chi connectivity index (χ3v) is 3.70. The monoisotopic (exact) mass is 266 g/mol. The van der Waals surface area contributed by atoms with Crippen LogP contribution in [0.1, 0.15) is 26.2 Å². The van der Waals surface area contributed by atoms with Gasteiger partial charge in [-0.3, -0.25) is 0 Å². The van der Waals surface area contributed by atoms with Crippen molar-refractivity contribution in [2.24, 2.45) is 5.73 Å². The van der Waals surface area contributed by atoms with Gasteiger partial charge in [0.15, 0.2) is 0 Å². The minimum absolute atomic E-state index is 0.0150. The van der Waals surface area contributed by atoms with Crippen molar-refractivity contribution in [3.63, 3.8) is 0 Å². The van der Waals surface area contributed by atoms with Crippen LogP contribution in [0.15, 0.2) is 24.3 Å². The molecule has 1 fully saturated rings. The fourth-order valence-corrected chi connectivity index (χ4v) is 2.30. The first-order valence-electron chi connectivity index (χ1n) is 6.95. The summed E-state index contributed by atoms with van der Waals surface area (Å²) >= 11 is 0. The lowest BCUT2D eigenvalue weighted by Crippen LogP contribution is -2.48. The number of nitrogens with zero attached hydrogens (tertiary/aromatic N) is 1. The van der Waals surface area contributed by atoms with Crippen LogP contribution in [0.4, 0.5) is 4.39 Å². The first-order valence-corrected chi connectivity index (χ1v) is 6.95. The molecule has 1 saturated heterocycles. The van der Waals surface area contributed by atoms with Crippen molar-refractivity contribution in [3.8, 4) is 5.75 Å². The molecule has 0 aromatic heterocycles. The molecular weight excluding hydrogens is 243 g/mol. The van der Waals surface area contributed by atoms with Crippen LogP contribution in [-0.4, -0.2) is 36.7 Å². The molecule has 106 valence electrons. The Labute approximate surface area is 114 Å². The quantitative estimate of drug-likeness (QED) is 0.832. The number of hydrogen-bond acceptors (Lipinski definition) is 3. The maximum Gasteiger partial charge on any atom is 0.123 e. The summed E-state index contributed by atoms with van der Waals surface area (Å²) in [6.45, 7) is 5.98. The number of rotatable bonds is 5. The Balaban J connectivity index is 1.61. The highest BCUT2D eigenvalue weighted by Crippen LogP contribution is 2.18. The van der Waals surface area contributed by atoms with Crippen molar-refractivity contribution in [2.75, 3.05) is 26.2 Å². The Kier molecular flexibility index (Phi) is 4.77. The van der Waals surface area contributed by atoms with Gasteiger partial charge < -0.3 is 15.4 Å². The van der Waals surface area contributed by atoms with Gasteiger partial charge >= 0.3 is 0 Å². The second-order valence-corrected chi connectivity index (χ2v) is 5.65. The topological polar surface area (TPSA) is 38.5 Å². The van der Waals surface area contributed by atoms with Gasteiger partial charge in [-0.25, -0.2) is 4.39 Å². The third-order valence-electron chi connectivity index (χ3n) is 3.70. The van der Waals surface area contributed by atoms with Gasteiger partial charge in [-0.05, 0) is 63.5 Å². The number of ether oxygens (including phenoxy) is 1. The molecule has 0 atom stereocenters. The van der Waals surface area contributed by atoms with Crippen molar-refractivity contribution in [1.29, 1.82) is 0 Å². The zero-order valence-corrected chi connectivity index (χ0v) is 11.6. The van der Waals surface area contributed by atoms with E-state index < -0.39 is 0 Å². The maximum atomic E-state index is 12.7. The van der Waals surface area contributed by atoms with E-state index in [4.69, 9.17) is 10.5 Å². The highest BCUT2D eigenvalue weighted by molar-refractivity contribution is 5.21. The van der Waals surface area contributed by atoms with Gasteiger partial charge in [-0.2, -0.15) is 0 Å². The molecular formula is C15H23FN2O. The minimum atomic E-state index is -0.231. The molecule has 0 bridgehead atoms. The second-order valence-electron chi connectivity index (χ2n) is 5.65. The fraction of sp³-hybridized carbons (Fsp3) is 0.600. The van der Waals surface area contributed by atoms with Crippen molar-refractivity contribution in [2.45, 2.75) is 31.7 Å². The third kappa shape index (κ3) is 4.80. The largest absolute Gasteiger partial charge is 0.494 e. The van der Waals surface area contributed by atoms with Crippen LogP contribution in [0.5, 0.6) is 5.75 Å². The van der Waals surface area contributed by atoms with E-state index in [2.05, 4.69) is 11.8 Å². The van der Waals surface area contributed by atoms with Gasteiger partial charge in [-0.1, -0.05) is 0 Å². The lowest BCUT2D eigenvalue weighted by Gasteiger charge is -2.36. The predicted octanol–water partition coefficient (Wildman–Crippen LogP) is 2.41. The van der Waals surface area contributed by atoms with E-state index in [0.717, 1.165) is 44.6 Å². The summed E-state index contributed by atoms with van der Waals surface area (Å²) in [6.07, 6.45) is 3.11. The zero-order valence-electron chi connectivity index (χ0n) is 11.6. The molecule has 2 N–H and O–H groups in total. The molecule has 0 radical (unpaired) electrons. The number of likely N-dealkylation sites (tertiary alicyclic amines) is 1. The Morgan fingerprint density at radius 1 is 1.26 bits per heavy atom. The van der Waals surface area contributed by atoms with E-state index in [0.29, 0.717) is 6.61 Å². The minimum Gasteiger partial charge on any atom is -0.494 e. The van der Waals surface area contributed by atoms with Crippen molar-refractivity contribution in [3.05, 3.63) is 30.1 Å². The molecule has 0 spiro atoms. The first-order chi connectivity index (χ1) is 9.05. The van der Waals surface area contributed by atoms with E-state index in [1.54, 1.807) is 12.1 Å².